The van der Waals surface area contributed by atoms with Gasteiger partial charge in [-0.15, -0.1) is 0 Å². The highest BCUT2D eigenvalue weighted by Crippen LogP contribution is 2.14. The van der Waals surface area contributed by atoms with E-state index in [0.29, 0.717) is 19.0 Å². The van der Waals surface area contributed by atoms with E-state index in [0.717, 1.165) is 12.1 Å². The number of carbonyl (C=O) groups excluding carboxylic acids is 1. The zero-order valence-electron chi connectivity index (χ0n) is 13.1. The number of halogens is 1. The van der Waals surface area contributed by atoms with E-state index in [2.05, 4.69) is 13.8 Å². The zero-order valence-corrected chi connectivity index (χ0v) is 13.1. The number of benzene rings is 1. The molecule has 20 heavy (non-hydrogen) atoms. The van der Waals surface area contributed by atoms with Crippen molar-refractivity contribution in [3.05, 3.63) is 35.1 Å². The van der Waals surface area contributed by atoms with Gasteiger partial charge in [-0.3, -0.25) is 4.79 Å². The minimum atomic E-state index is -0.445. The molecule has 1 aromatic rings. The van der Waals surface area contributed by atoms with Crippen LogP contribution in [-0.4, -0.2) is 49.4 Å². The summed E-state index contributed by atoms with van der Waals surface area (Å²) in [5.41, 5.74) is 1.07. The van der Waals surface area contributed by atoms with Crippen LogP contribution in [0.4, 0.5) is 4.39 Å². The van der Waals surface area contributed by atoms with Crippen LogP contribution < -0.4 is 0 Å². The second-order valence-electron chi connectivity index (χ2n) is 5.93. The van der Waals surface area contributed by atoms with Crippen molar-refractivity contribution >= 4 is 5.91 Å². The Kier molecular flexibility index (Phi) is 6.14. The fraction of sp³-hybridized carbons (Fsp3) is 0.562. The zero-order chi connectivity index (χ0) is 15.3. The van der Waals surface area contributed by atoms with Gasteiger partial charge in [-0.05, 0) is 39.1 Å². The molecule has 3 nitrogen and oxygen atoms in total. The lowest BCUT2D eigenvalue weighted by molar-refractivity contribution is 0.0720. The summed E-state index contributed by atoms with van der Waals surface area (Å²) in [7, 11) is 3.93. The molecule has 4 heteroatoms. The molecule has 1 aromatic carbocycles. The van der Waals surface area contributed by atoms with Crippen molar-refractivity contribution in [2.75, 3.05) is 33.7 Å². The van der Waals surface area contributed by atoms with Crippen molar-refractivity contribution in [3.63, 3.8) is 0 Å². The number of hydrogen-bond donors (Lipinski definition) is 0. The van der Waals surface area contributed by atoms with Crippen LogP contribution in [0.25, 0.3) is 0 Å². The minimum Gasteiger partial charge on any atom is -0.337 e. The summed E-state index contributed by atoms with van der Waals surface area (Å²) in [4.78, 5) is 16.3. The average Bonchev–Trinajstić information content (AvgIpc) is 2.36. The van der Waals surface area contributed by atoms with Crippen LogP contribution in [0.2, 0.25) is 0 Å². The van der Waals surface area contributed by atoms with Gasteiger partial charge in [-0.25, -0.2) is 4.39 Å². The molecule has 0 aliphatic rings. The highest BCUT2D eigenvalue weighted by molar-refractivity contribution is 5.94. The molecule has 0 bridgehead atoms. The maximum Gasteiger partial charge on any atom is 0.256 e. The van der Waals surface area contributed by atoms with Crippen LogP contribution in [0.1, 0.15) is 29.8 Å². The summed E-state index contributed by atoms with van der Waals surface area (Å²) in [6.45, 7) is 8.00. The van der Waals surface area contributed by atoms with E-state index in [4.69, 9.17) is 0 Å². The first-order valence-electron chi connectivity index (χ1n) is 7.01. The summed E-state index contributed by atoms with van der Waals surface area (Å²) in [5, 5.41) is 0. The fourth-order valence-corrected chi connectivity index (χ4v) is 2.01. The van der Waals surface area contributed by atoms with Gasteiger partial charge in [0.05, 0.1) is 5.56 Å². The Morgan fingerprint density at radius 3 is 2.45 bits per heavy atom. The quantitative estimate of drug-likeness (QED) is 0.800. The molecule has 1 rings (SSSR count). The number of nitrogens with zero attached hydrogens (tertiary/aromatic N) is 2. The SMILES string of the molecule is Cc1ccc(F)c(C(=O)N(CCN(C)C)CC(C)C)c1. The summed E-state index contributed by atoms with van der Waals surface area (Å²) in [6.07, 6.45) is 0. The predicted octanol–water partition coefficient (Wildman–Crippen LogP) is 2.79. The Balaban J connectivity index is 2.93. The molecular formula is C16H25FN2O. The van der Waals surface area contributed by atoms with Gasteiger partial charge in [-0.1, -0.05) is 25.5 Å². The standard InChI is InChI=1S/C16H25FN2O/c1-12(2)11-19(9-8-18(4)5)16(20)14-10-13(3)6-7-15(14)17/h6-7,10,12H,8-9,11H2,1-5H3. The first-order chi connectivity index (χ1) is 9.31. The average molecular weight is 280 g/mol. The van der Waals surface area contributed by atoms with E-state index in [9.17, 15) is 9.18 Å². The van der Waals surface area contributed by atoms with E-state index >= 15 is 0 Å². The molecule has 0 heterocycles. The molecule has 0 saturated heterocycles. The number of aryl methyl sites for hydroxylation is 1. The molecule has 0 fully saturated rings. The van der Waals surface area contributed by atoms with Gasteiger partial charge in [0.25, 0.3) is 5.91 Å². The van der Waals surface area contributed by atoms with Crippen molar-refractivity contribution < 1.29 is 9.18 Å². The second-order valence-corrected chi connectivity index (χ2v) is 5.93. The summed E-state index contributed by atoms with van der Waals surface area (Å²) < 4.78 is 13.9. The lowest BCUT2D eigenvalue weighted by Crippen LogP contribution is -2.39. The molecule has 0 N–H and O–H groups in total. The van der Waals surface area contributed by atoms with Crippen LogP contribution in [0.5, 0.6) is 0 Å². The molecule has 0 aliphatic carbocycles. The highest BCUT2D eigenvalue weighted by Gasteiger charge is 2.20. The van der Waals surface area contributed by atoms with E-state index < -0.39 is 5.82 Å². The maximum absolute atomic E-state index is 13.9. The largest absolute Gasteiger partial charge is 0.337 e. The number of likely N-dealkylation sites (N-methyl/N-ethyl adjacent to an activating group) is 1. The first kappa shape index (κ1) is 16.6. The van der Waals surface area contributed by atoms with Crippen LogP contribution in [0.3, 0.4) is 0 Å². The number of carbonyl (C=O) groups is 1. The Bertz CT molecular complexity index is 458. The van der Waals surface area contributed by atoms with Gasteiger partial charge in [0.2, 0.25) is 0 Å². The lowest BCUT2D eigenvalue weighted by Gasteiger charge is -2.26. The van der Waals surface area contributed by atoms with Crippen molar-refractivity contribution in [3.8, 4) is 0 Å². The van der Waals surface area contributed by atoms with Crippen molar-refractivity contribution in [2.45, 2.75) is 20.8 Å². The van der Waals surface area contributed by atoms with Crippen molar-refractivity contribution in [1.29, 1.82) is 0 Å². The second kappa shape index (κ2) is 7.39. The van der Waals surface area contributed by atoms with Crippen LogP contribution in [0.15, 0.2) is 18.2 Å². The Morgan fingerprint density at radius 1 is 1.25 bits per heavy atom. The molecule has 112 valence electrons. The summed E-state index contributed by atoms with van der Waals surface area (Å²) >= 11 is 0. The molecular weight excluding hydrogens is 255 g/mol. The monoisotopic (exact) mass is 280 g/mol. The van der Waals surface area contributed by atoms with Gasteiger partial charge in [0.15, 0.2) is 0 Å². The molecule has 0 aliphatic heterocycles. The molecule has 0 aromatic heterocycles. The Hall–Kier alpha value is -1.42. The van der Waals surface area contributed by atoms with Gasteiger partial charge in [-0.2, -0.15) is 0 Å². The van der Waals surface area contributed by atoms with Gasteiger partial charge in [0.1, 0.15) is 5.82 Å². The molecule has 1 amide bonds. The van der Waals surface area contributed by atoms with Crippen LogP contribution in [-0.2, 0) is 0 Å². The van der Waals surface area contributed by atoms with E-state index in [1.54, 1.807) is 17.0 Å². The Labute approximate surface area is 121 Å². The van der Waals surface area contributed by atoms with Crippen molar-refractivity contribution in [1.82, 2.24) is 9.80 Å². The fourth-order valence-electron chi connectivity index (χ4n) is 2.01. The minimum absolute atomic E-state index is 0.171. The third-order valence-electron chi connectivity index (χ3n) is 3.04. The number of amides is 1. The van der Waals surface area contributed by atoms with Crippen LogP contribution in [0, 0.1) is 18.7 Å². The predicted molar refractivity (Wildman–Crippen MR) is 80.4 cm³/mol. The normalized spacial score (nSPS) is 11.2. The van der Waals surface area contributed by atoms with E-state index in [-0.39, 0.29) is 11.5 Å². The number of hydrogen-bond acceptors (Lipinski definition) is 2. The first-order valence-corrected chi connectivity index (χ1v) is 7.01. The third-order valence-corrected chi connectivity index (χ3v) is 3.04. The summed E-state index contributed by atoms with van der Waals surface area (Å²) in [5.74, 6) is -0.310. The molecule has 0 radical (unpaired) electrons. The van der Waals surface area contributed by atoms with E-state index in [1.165, 1.54) is 6.07 Å². The molecule has 0 saturated carbocycles. The maximum atomic E-state index is 13.9. The third kappa shape index (κ3) is 4.93. The Morgan fingerprint density at radius 2 is 1.90 bits per heavy atom. The smallest absolute Gasteiger partial charge is 0.256 e. The summed E-state index contributed by atoms with van der Waals surface area (Å²) in [6, 6.07) is 4.67. The molecule has 0 unspecified atom stereocenters. The highest BCUT2D eigenvalue weighted by atomic mass is 19.1. The lowest BCUT2D eigenvalue weighted by atomic mass is 10.1. The van der Waals surface area contributed by atoms with Crippen molar-refractivity contribution in [2.24, 2.45) is 5.92 Å². The van der Waals surface area contributed by atoms with Gasteiger partial charge in [0, 0.05) is 19.6 Å². The topological polar surface area (TPSA) is 23.6 Å². The van der Waals surface area contributed by atoms with Crippen LogP contribution >= 0.6 is 0 Å². The van der Waals surface area contributed by atoms with Gasteiger partial charge < -0.3 is 9.80 Å². The number of rotatable bonds is 6. The van der Waals surface area contributed by atoms with E-state index in [1.807, 2.05) is 25.9 Å². The molecule has 0 atom stereocenters. The van der Waals surface area contributed by atoms with Gasteiger partial charge >= 0.3 is 0 Å². The molecule has 0 spiro atoms.